The van der Waals surface area contributed by atoms with Gasteiger partial charge >= 0.3 is 6.18 Å². The first-order chi connectivity index (χ1) is 14.8. The van der Waals surface area contributed by atoms with Gasteiger partial charge in [0.25, 0.3) is 0 Å². The zero-order valence-corrected chi connectivity index (χ0v) is 18.1. The third-order valence-electron chi connectivity index (χ3n) is 4.48. The molecule has 0 radical (unpaired) electrons. The van der Waals surface area contributed by atoms with Crippen molar-refractivity contribution in [3.63, 3.8) is 0 Å². The Bertz CT molecular complexity index is 844. The van der Waals surface area contributed by atoms with Crippen molar-refractivity contribution in [1.29, 1.82) is 0 Å². The lowest BCUT2D eigenvalue weighted by atomic mass is 10.1. The van der Waals surface area contributed by atoms with Crippen LogP contribution in [0.25, 0.3) is 0 Å². The van der Waals surface area contributed by atoms with Crippen LogP contribution in [0.4, 0.5) is 13.2 Å². The summed E-state index contributed by atoms with van der Waals surface area (Å²) >= 11 is 0. The number of rotatable bonds is 9. The smallest absolute Gasteiger partial charge is 0.416 e. The molecule has 0 aliphatic rings. The van der Waals surface area contributed by atoms with E-state index in [2.05, 4.69) is 15.6 Å². The van der Waals surface area contributed by atoms with Crippen LogP contribution in [0.3, 0.4) is 0 Å². The standard InChI is InChI=1S/C22H28F3N3O3/c1-5-31-20-18(29-3)12-16(13-19(20)30-4)14-28-21(26-2)27-11-10-15-6-8-17(9-7-15)22(23,24)25/h6-9,12-13H,5,10-11,14H2,1-4H3,(H2,26,27,28). The lowest BCUT2D eigenvalue weighted by Crippen LogP contribution is -2.37. The normalized spacial score (nSPS) is 11.8. The highest BCUT2D eigenvalue weighted by molar-refractivity contribution is 5.79. The molecule has 0 saturated heterocycles. The van der Waals surface area contributed by atoms with E-state index in [1.165, 1.54) is 12.1 Å². The number of guanidine groups is 1. The van der Waals surface area contributed by atoms with Gasteiger partial charge < -0.3 is 24.8 Å². The maximum atomic E-state index is 12.6. The summed E-state index contributed by atoms with van der Waals surface area (Å²) in [7, 11) is 4.78. The molecule has 2 aromatic rings. The summed E-state index contributed by atoms with van der Waals surface area (Å²) in [5.41, 5.74) is 1.06. The van der Waals surface area contributed by atoms with Crippen LogP contribution < -0.4 is 24.8 Å². The molecule has 0 unspecified atom stereocenters. The third kappa shape index (κ3) is 6.97. The summed E-state index contributed by atoms with van der Waals surface area (Å²) in [4.78, 5) is 4.17. The molecule has 0 aliphatic heterocycles. The molecule has 31 heavy (non-hydrogen) atoms. The second kappa shape index (κ2) is 11.3. The maximum Gasteiger partial charge on any atom is 0.416 e. The first-order valence-electron chi connectivity index (χ1n) is 9.80. The van der Waals surface area contributed by atoms with Gasteiger partial charge in [-0.3, -0.25) is 4.99 Å². The highest BCUT2D eigenvalue weighted by Crippen LogP contribution is 2.38. The van der Waals surface area contributed by atoms with E-state index in [-0.39, 0.29) is 0 Å². The maximum absolute atomic E-state index is 12.6. The van der Waals surface area contributed by atoms with Crippen LogP contribution in [0.5, 0.6) is 17.2 Å². The first kappa shape index (κ1) is 24.2. The molecule has 0 amide bonds. The largest absolute Gasteiger partial charge is 0.493 e. The second-order valence-electron chi connectivity index (χ2n) is 6.56. The van der Waals surface area contributed by atoms with E-state index >= 15 is 0 Å². The van der Waals surface area contributed by atoms with Crippen molar-refractivity contribution in [2.75, 3.05) is 34.4 Å². The molecule has 2 N–H and O–H groups in total. The summed E-state index contributed by atoms with van der Waals surface area (Å²) in [6.45, 7) is 3.34. The van der Waals surface area contributed by atoms with Gasteiger partial charge in [-0.1, -0.05) is 12.1 Å². The molecule has 2 rings (SSSR count). The third-order valence-corrected chi connectivity index (χ3v) is 4.48. The molecule has 0 aromatic heterocycles. The van der Waals surface area contributed by atoms with Crippen LogP contribution in [0, 0.1) is 0 Å². The molecule has 9 heteroatoms. The van der Waals surface area contributed by atoms with Crippen molar-refractivity contribution in [2.45, 2.75) is 26.1 Å². The molecule has 0 saturated carbocycles. The molecule has 0 aliphatic carbocycles. The van der Waals surface area contributed by atoms with Crippen molar-refractivity contribution in [3.05, 3.63) is 53.1 Å². The number of methoxy groups -OCH3 is 2. The summed E-state index contributed by atoms with van der Waals surface area (Å²) in [5.74, 6) is 2.26. The van der Waals surface area contributed by atoms with E-state index in [0.717, 1.165) is 23.3 Å². The molecule has 0 spiro atoms. The minimum Gasteiger partial charge on any atom is -0.493 e. The van der Waals surface area contributed by atoms with Gasteiger partial charge in [-0.05, 0) is 48.7 Å². The number of hydrogen-bond acceptors (Lipinski definition) is 4. The fourth-order valence-corrected chi connectivity index (χ4v) is 2.91. The molecular weight excluding hydrogens is 411 g/mol. The molecule has 2 aromatic carbocycles. The van der Waals surface area contributed by atoms with Gasteiger partial charge in [0.1, 0.15) is 0 Å². The second-order valence-corrected chi connectivity index (χ2v) is 6.56. The van der Waals surface area contributed by atoms with Crippen LogP contribution in [0.15, 0.2) is 41.4 Å². The Morgan fingerprint density at radius 3 is 2.06 bits per heavy atom. The minimum atomic E-state index is -4.32. The molecule has 0 fully saturated rings. The van der Waals surface area contributed by atoms with Crippen molar-refractivity contribution < 1.29 is 27.4 Å². The molecule has 0 atom stereocenters. The summed E-state index contributed by atoms with van der Waals surface area (Å²) in [5, 5.41) is 6.34. The van der Waals surface area contributed by atoms with E-state index in [4.69, 9.17) is 14.2 Å². The Morgan fingerprint density at radius 1 is 0.968 bits per heavy atom. The highest BCUT2D eigenvalue weighted by Gasteiger charge is 2.29. The van der Waals surface area contributed by atoms with Gasteiger partial charge in [-0.2, -0.15) is 13.2 Å². The van der Waals surface area contributed by atoms with Gasteiger partial charge in [0.15, 0.2) is 17.5 Å². The van der Waals surface area contributed by atoms with Crippen LogP contribution in [-0.4, -0.2) is 40.4 Å². The zero-order chi connectivity index (χ0) is 22.9. The van der Waals surface area contributed by atoms with Crippen LogP contribution in [-0.2, 0) is 19.1 Å². The van der Waals surface area contributed by atoms with Crippen LogP contribution in [0.2, 0.25) is 0 Å². The fourth-order valence-electron chi connectivity index (χ4n) is 2.91. The van der Waals surface area contributed by atoms with E-state index < -0.39 is 11.7 Å². The number of alkyl halides is 3. The van der Waals surface area contributed by atoms with E-state index in [9.17, 15) is 13.2 Å². The van der Waals surface area contributed by atoms with Crippen molar-refractivity contribution >= 4 is 5.96 Å². The van der Waals surface area contributed by atoms with Crippen molar-refractivity contribution in [3.8, 4) is 17.2 Å². The molecular formula is C22H28F3N3O3. The number of ether oxygens (including phenoxy) is 3. The Balaban J connectivity index is 1.92. The van der Waals surface area contributed by atoms with Crippen LogP contribution in [0.1, 0.15) is 23.6 Å². The molecule has 6 nitrogen and oxygen atoms in total. The predicted molar refractivity (Wildman–Crippen MR) is 114 cm³/mol. The monoisotopic (exact) mass is 439 g/mol. The topological polar surface area (TPSA) is 64.1 Å². The van der Waals surface area contributed by atoms with E-state index in [0.29, 0.717) is 49.3 Å². The van der Waals surface area contributed by atoms with Gasteiger partial charge in [0, 0.05) is 20.1 Å². The first-order valence-corrected chi connectivity index (χ1v) is 9.80. The number of nitrogens with zero attached hydrogens (tertiary/aromatic N) is 1. The summed E-state index contributed by atoms with van der Waals surface area (Å²) in [6, 6.07) is 8.87. The van der Waals surface area contributed by atoms with E-state index in [1.54, 1.807) is 21.3 Å². The lowest BCUT2D eigenvalue weighted by Gasteiger charge is -2.16. The van der Waals surface area contributed by atoms with Gasteiger partial charge in [0.2, 0.25) is 5.75 Å². The Hall–Kier alpha value is -3.10. The molecule has 170 valence electrons. The average Bonchev–Trinajstić information content (AvgIpc) is 2.76. The lowest BCUT2D eigenvalue weighted by molar-refractivity contribution is -0.137. The summed E-state index contributed by atoms with van der Waals surface area (Å²) in [6.07, 6.45) is -3.77. The van der Waals surface area contributed by atoms with Gasteiger partial charge in [-0.15, -0.1) is 0 Å². The van der Waals surface area contributed by atoms with Crippen molar-refractivity contribution in [1.82, 2.24) is 10.6 Å². The van der Waals surface area contributed by atoms with Crippen LogP contribution >= 0.6 is 0 Å². The number of hydrogen-bond donors (Lipinski definition) is 2. The number of benzene rings is 2. The predicted octanol–water partition coefficient (Wildman–Crippen LogP) is 4.03. The molecule has 0 heterocycles. The Kier molecular flexibility index (Phi) is 8.84. The van der Waals surface area contributed by atoms with Gasteiger partial charge in [0.05, 0.1) is 26.4 Å². The van der Waals surface area contributed by atoms with E-state index in [1.807, 2.05) is 19.1 Å². The summed E-state index contributed by atoms with van der Waals surface area (Å²) < 4.78 is 54.4. The fraction of sp³-hybridized carbons (Fsp3) is 0.409. The zero-order valence-electron chi connectivity index (χ0n) is 18.1. The van der Waals surface area contributed by atoms with Gasteiger partial charge in [-0.25, -0.2) is 0 Å². The number of halogens is 3. The Morgan fingerprint density at radius 2 is 1.58 bits per heavy atom. The highest BCUT2D eigenvalue weighted by atomic mass is 19.4. The minimum absolute atomic E-state index is 0.457. The number of aliphatic imine (C=N–C) groups is 1. The quantitative estimate of drug-likeness (QED) is 0.456. The Labute approximate surface area is 180 Å². The molecule has 0 bridgehead atoms. The van der Waals surface area contributed by atoms with Crippen molar-refractivity contribution in [2.24, 2.45) is 4.99 Å². The average molecular weight is 439 g/mol. The number of nitrogens with one attached hydrogen (secondary N) is 2. The SMILES string of the molecule is CCOc1c(OC)cc(CNC(=NC)NCCc2ccc(C(F)(F)F)cc2)cc1OC.